The van der Waals surface area contributed by atoms with Crippen molar-refractivity contribution in [2.24, 2.45) is 5.92 Å². The molecule has 3 heterocycles. The summed E-state index contributed by atoms with van der Waals surface area (Å²) in [6, 6.07) is 0.379. The fourth-order valence-corrected chi connectivity index (χ4v) is 3.37. The van der Waals surface area contributed by atoms with Crippen LogP contribution >= 0.6 is 0 Å². The van der Waals surface area contributed by atoms with Gasteiger partial charge in [0.05, 0.1) is 17.9 Å². The Hall–Kier alpha value is -2.15. The molecule has 2 fully saturated rings. The minimum absolute atomic E-state index is 0.0599. The molecule has 3 atom stereocenters. The number of rotatable bonds is 5. The summed E-state index contributed by atoms with van der Waals surface area (Å²) in [6.45, 7) is 4.52. The first kappa shape index (κ1) is 16.7. The van der Waals surface area contributed by atoms with Gasteiger partial charge < -0.3 is 19.4 Å². The van der Waals surface area contributed by atoms with Gasteiger partial charge in [0.25, 0.3) is 5.91 Å². The van der Waals surface area contributed by atoms with Crippen molar-refractivity contribution in [2.75, 3.05) is 13.2 Å². The number of Topliss-reactive ketones (excluding diaryl/α,β-unsaturated/α-hetero) is 1. The van der Waals surface area contributed by atoms with Crippen molar-refractivity contribution in [2.45, 2.75) is 44.9 Å². The average Bonchev–Trinajstić information content (AvgIpc) is 3.24. The molecule has 24 heavy (non-hydrogen) atoms. The molecule has 2 aliphatic heterocycles. The van der Waals surface area contributed by atoms with E-state index in [0.717, 1.165) is 0 Å². The third-order valence-corrected chi connectivity index (χ3v) is 4.49. The average molecular weight is 334 g/mol. The predicted octanol–water partition coefficient (Wildman–Crippen LogP) is 0.993. The maximum Gasteiger partial charge on any atom is 0.255 e. The number of nitrogens with one attached hydrogen (secondary N) is 1. The number of fused-ring (bicyclic) bond motifs is 1. The van der Waals surface area contributed by atoms with Crippen molar-refractivity contribution in [3.8, 4) is 0 Å². The Labute approximate surface area is 140 Å². The zero-order valence-electron chi connectivity index (χ0n) is 13.9. The van der Waals surface area contributed by atoms with Gasteiger partial charge in [-0.05, 0) is 24.8 Å². The lowest BCUT2D eigenvalue weighted by Gasteiger charge is -2.28. The predicted molar refractivity (Wildman–Crippen MR) is 84.3 cm³/mol. The summed E-state index contributed by atoms with van der Waals surface area (Å²) in [6.07, 6.45) is 3.71. The number of carbonyl (C=O) groups excluding carboxylic acids is 3. The number of hydrogen-bond acceptors (Lipinski definition) is 5. The standard InChI is InChI=1S/C17H22N2O5/c1-10(2)7-12(18-16(21)11-4-6-23-8-11)17(22)19-5-3-14-15(19)13(20)9-24-14/h4,6,8,10,12,14-15H,3,5,7,9H2,1-2H3,(H,18,21)/t12-,14+,15+/m0/s1. The first-order valence-electron chi connectivity index (χ1n) is 8.25. The maximum atomic E-state index is 13.0. The van der Waals surface area contributed by atoms with Crippen LogP contribution in [0, 0.1) is 5.92 Å². The number of carbonyl (C=O) groups is 3. The van der Waals surface area contributed by atoms with Crippen LogP contribution in [-0.2, 0) is 14.3 Å². The van der Waals surface area contributed by atoms with E-state index in [0.29, 0.717) is 24.9 Å². The molecule has 7 nitrogen and oxygen atoms in total. The lowest BCUT2D eigenvalue weighted by Crippen LogP contribution is -2.52. The first-order chi connectivity index (χ1) is 11.5. The number of amides is 2. The summed E-state index contributed by atoms with van der Waals surface area (Å²) in [5.74, 6) is -0.410. The van der Waals surface area contributed by atoms with E-state index in [9.17, 15) is 14.4 Å². The summed E-state index contributed by atoms with van der Waals surface area (Å²) in [4.78, 5) is 38.8. The van der Waals surface area contributed by atoms with Gasteiger partial charge in [-0.2, -0.15) is 0 Å². The van der Waals surface area contributed by atoms with Crippen LogP contribution in [0.25, 0.3) is 0 Å². The van der Waals surface area contributed by atoms with Crippen LogP contribution in [-0.4, -0.2) is 53.8 Å². The smallest absolute Gasteiger partial charge is 0.255 e. The molecular formula is C17H22N2O5. The molecule has 0 aliphatic carbocycles. The van der Waals surface area contributed by atoms with E-state index in [-0.39, 0.29) is 36.2 Å². The highest BCUT2D eigenvalue weighted by atomic mass is 16.5. The topological polar surface area (TPSA) is 88.8 Å². The second-order valence-corrected chi connectivity index (χ2v) is 6.75. The number of ketones is 1. The van der Waals surface area contributed by atoms with Gasteiger partial charge >= 0.3 is 0 Å². The second-order valence-electron chi connectivity index (χ2n) is 6.75. The van der Waals surface area contributed by atoms with Gasteiger partial charge in [0.2, 0.25) is 5.91 Å². The quantitative estimate of drug-likeness (QED) is 0.867. The van der Waals surface area contributed by atoms with Crippen LogP contribution in [0.4, 0.5) is 0 Å². The van der Waals surface area contributed by atoms with E-state index in [1.807, 2.05) is 13.8 Å². The van der Waals surface area contributed by atoms with Crippen molar-refractivity contribution < 1.29 is 23.5 Å². The molecule has 0 radical (unpaired) electrons. The third-order valence-electron chi connectivity index (χ3n) is 4.49. The van der Waals surface area contributed by atoms with Crippen LogP contribution in [0.2, 0.25) is 0 Å². The Balaban J connectivity index is 1.74. The highest BCUT2D eigenvalue weighted by Crippen LogP contribution is 2.28. The van der Waals surface area contributed by atoms with Gasteiger partial charge in [0, 0.05) is 6.54 Å². The number of furan rings is 1. The molecule has 1 N–H and O–H groups in total. The molecule has 3 rings (SSSR count). The SMILES string of the molecule is CC(C)C[C@H](NC(=O)c1ccoc1)C(=O)N1CC[C@H]2OCC(=O)[C@H]21. The molecule has 1 aromatic heterocycles. The zero-order chi connectivity index (χ0) is 17.3. The number of hydrogen-bond donors (Lipinski definition) is 1. The van der Waals surface area contributed by atoms with Crippen molar-refractivity contribution in [3.63, 3.8) is 0 Å². The minimum Gasteiger partial charge on any atom is -0.472 e. The van der Waals surface area contributed by atoms with Crippen molar-refractivity contribution in [1.82, 2.24) is 10.2 Å². The Morgan fingerprint density at radius 3 is 2.88 bits per heavy atom. The highest BCUT2D eigenvalue weighted by Gasteiger charge is 2.48. The Morgan fingerprint density at radius 1 is 1.42 bits per heavy atom. The molecule has 2 aliphatic rings. The lowest BCUT2D eigenvalue weighted by molar-refractivity contribution is -0.138. The van der Waals surface area contributed by atoms with Crippen LogP contribution in [0.5, 0.6) is 0 Å². The molecule has 2 amide bonds. The van der Waals surface area contributed by atoms with Crippen LogP contribution in [0.3, 0.4) is 0 Å². The molecule has 7 heteroatoms. The third kappa shape index (κ3) is 3.21. The molecule has 0 saturated carbocycles. The largest absolute Gasteiger partial charge is 0.472 e. The van der Waals surface area contributed by atoms with Gasteiger partial charge in [-0.3, -0.25) is 14.4 Å². The van der Waals surface area contributed by atoms with Gasteiger partial charge in [0.15, 0.2) is 5.78 Å². The van der Waals surface area contributed by atoms with Crippen molar-refractivity contribution in [3.05, 3.63) is 24.2 Å². The number of likely N-dealkylation sites (tertiary alicyclic amines) is 1. The fourth-order valence-electron chi connectivity index (χ4n) is 3.37. The van der Waals surface area contributed by atoms with E-state index in [1.165, 1.54) is 12.5 Å². The molecular weight excluding hydrogens is 312 g/mol. The van der Waals surface area contributed by atoms with E-state index in [2.05, 4.69) is 5.32 Å². The van der Waals surface area contributed by atoms with Gasteiger partial charge in [-0.15, -0.1) is 0 Å². The van der Waals surface area contributed by atoms with Crippen molar-refractivity contribution >= 4 is 17.6 Å². The normalized spacial score (nSPS) is 24.3. The van der Waals surface area contributed by atoms with Gasteiger partial charge in [-0.1, -0.05) is 13.8 Å². The van der Waals surface area contributed by atoms with Gasteiger partial charge in [-0.25, -0.2) is 0 Å². The molecule has 0 unspecified atom stereocenters. The number of ether oxygens (including phenoxy) is 1. The summed E-state index contributed by atoms with van der Waals surface area (Å²) >= 11 is 0. The zero-order valence-corrected chi connectivity index (χ0v) is 13.9. The van der Waals surface area contributed by atoms with Crippen LogP contribution in [0.1, 0.15) is 37.0 Å². The second kappa shape index (κ2) is 6.76. The molecule has 0 aromatic carbocycles. The summed E-state index contributed by atoms with van der Waals surface area (Å²) in [5, 5.41) is 2.78. The summed E-state index contributed by atoms with van der Waals surface area (Å²) in [7, 11) is 0. The molecule has 0 spiro atoms. The minimum atomic E-state index is -0.667. The summed E-state index contributed by atoms with van der Waals surface area (Å²) in [5.41, 5.74) is 0.371. The summed E-state index contributed by atoms with van der Waals surface area (Å²) < 4.78 is 10.3. The van der Waals surface area contributed by atoms with E-state index in [1.54, 1.807) is 11.0 Å². The Morgan fingerprint density at radius 2 is 2.21 bits per heavy atom. The van der Waals surface area contributed by atoms with E-state index < -0.39 is 12.1 Å². The first-order valence-corrected chi connectivity index (χ1v) is 8.25. The van der Waals surface area contributed by atoms with E-state index >= 15 is 0 Å². The maximum absolute atomic E-state index is 13.0. The highest BCUT2D eigenvalue weighted by molar-refractivity contribution is 5.99. The monoisotopic (exact) mass is 334 g/mol. The van der Waals surface area contributed by atoms with E-state index in [4.69, 9.17) is 9.15 Å². The van der Waals surface area contributed by atoms with Crippen LogP contribution in [0.15, 0.2) is 23.0 Å². The number of nitrogens with zero attached hydrogens (tertiary/aromatic N) is 1. The molecule has 130 valence electrons. The van der Waals surface area contributed by atoms with Crippen molar-refractivity contribution in [1.29, 1.82) is 0 Å². The van der Waals surface area contributed by atoms with Gasteiger partial charge in [0.1, 0.15) is 25.0 Å². The molecule has 0 bridgehead atoms. The fraction of sp³-hybridized carbons (Fsp3) is 0.588. The molecule has 2 saturated heterocycles. The lowest BCUT2D eigenvalue weighted by atomic mass is 10.0. The Kier molecular flexibility index (Phi) is 4.71. The Bertz CT molecular complexity index is 625. The molecule has 1 aromatic rings. The van der Waals surface area contributed by atoms with Crippen LogP contribution < -0.4 is 5.32 Å².